The monoisotopic (exact) mass is 288 g/mol. The average molecular weight is 288 g/mol. The lowest BCUT2D eigenvalue weighted by Gasteiger charge is -2.25. The number of nitrogens with two attached hydrogens (primary N) is 1. The first-order valence-electron chi connectivity index (χ1n) is 7.82. The first-order valence-corrected chi connectivity index (χ1v) is 7.82. The van der Waals surface area contributed by atoms with Gasteiger partial charge in [-0.3, -0.25) is 0 Å². The Morgan fingerprint density at radius 1 is 1.29 bits per heavy atom. The number of nitrogens with zero attached hydrogens (tertiary/aromatic N) is 2. The van der Waals surface area contributed by atoms with Crippen molar-refractivity contribution >= 4 is 5.82 Å². The second-order valence-electron chi connectivity index (χ2n) is 6.27. The maximum atomic E-state index is 6.03. The Labute approximate surface area is 126 Å². The number of anilines is 1. The summed E-state index contributed by atoms with van der Waals surface area (Å²) in [6.07, 6.45) is 9.07. The van der Waals surface area contributed by atoms with Gasteiger partial charge >= 0.3 is 0 Å². The Bertz CT molecular complexity index is 539. The highest BCUT2D eigenvalue weighted by Crippen LogP contribution is 2.40. The fourth-order valence-corrected chi connectivity index (χ4v) is 2.74. The van der Waals surface area contributed by atoms with Gasteiger partial charge in [-0.1, -0.05) is 19.1 Å². The van der Waals surface area contributed by atoms with Crippen LogP contribution in [0, 0.1) is 18.8 Å². The quantitative estimate of drug-likeness (QED) is 0.495. The van der Waals surface area contributed by atoms with Crippen LogP contribution in [-0.2, 0) is 0 Å². The topological polar surface area (TPSA) is 73.1 Å². The number of nitrogens with one attached hydrogen (secondary N) is 1. The minimum Gasteiger partial charge on any atom is -0.477 e. The van der Waals surface area contributed by atoms with E-state index >= 15 is 0 Å². The Morgan fingerprint density at radius 3 is 2.71 bits per heavy atom. The third kappa shape index (κ3) is 3.18. The van der Waals surface area contributed by atoms with Crippen LogP contribution in [0.15, 0.2) is 12.2 Å². The summed E-state index contributed by atoms with van der Waals surface area (Å²) in [6.45, 7) is 4.94. The molecule has 2 aliphatic rings. The summed E-state index contributed by atoms with van der Waals surface area (Å²) in [5.41, 5.74) is 3.55. The molecule has 0 saturated heterocycles. The maximum Gasteiger partial charge on any atom is 0.221 e. The van der Waals surface area contributed by atoms with Crippen molar-refractivity contribution in [3.63, 3.8) is 0 Å². The zero-order valence-electron chi connectivity index (χ0n) is 12.8. The number of hydrogen-bond donors (Lipinski definition) is 2. The molecular formula is C16H24N4O. The lowest BCUT2D eigenvalue weighted by atomic mass is 9.85. The average Bonchev–Trinajstić information content (AvgIpc) is 3.32. The molecule has 2 unspecified atom stereocenters. The molecule has 2 aliphatic carbocycles. The van der Waals surface area contributed by atoms with E-state index in [4.69, 9.17) is 10.6 Å². The van der Waals surface area contributed by atoms with Crippen LogP contribution in [0.1, 0.15) is 49.9 Å². The van der Waals surface area contributed by atoms with Crippen LogP contribution in [-0.4, -0.2) is 16.6 Å². The van der Waals surface area contributed by atoms with E-state index in [1.807, 2.05) is 6.92 Å². The molecule has 3 rings (SSSR count). The molecule has 0 amide bonds. The molecule has 5 heteroatoms. The van der Waals surface area contributed by atoms with Gasteiger partial charge in [0.2, 0.25) is 5.88 Å². The smallest absolute Gasteiger partial charge is 0.221 e. The van der Waals surface area contributed by atoms with E-state index in [1.165, 1.54) is 0 Å². The minimum atomic E-state index is 0.483. The van der Waals surface area contributed by atoms with Gasteiger partial charge in [0.05, 0.1) is 12.2 Å². The maximum absolute atomic E-state index is 6.03. The zero-order valence-corrected chi connectivity index (χ0v) is 12.8. The van der Waals surface area contributed by atoms with Crippen molar-refractivity contribution in [1.29, 1.82) is 0 Å². The van der Waals surface area contributed by atoms with Crippen LogP contribution in [0.5, 0.6) is 5.88 Å². The van der Waals surface area contributed by atoms with Crippen molar-refractivity contribution in [3.8, 4) is 5.88 Å². The van der Waals surface area contributed by atoms with Gasteiger partial charge in [-0.05, 0) is 44.4 Å². The highest BCUT2D eigenvalue weighted by Gasteiger charge is 2.29. The van der Waals surface area contributed by atoms with Crippen LogP contribution in [0.25, 0.3) is 0 Å². The Morgan fingerprint density at radius 2 is 2.05 bits per heavy atom. The lowest BCUT2D eigenvalue weighted by molar-refractivity contribution is 0.191. The molecule has 1 fully saturated rings. The van der Waals surface area contributed by atoms with Gasteiger partial charge in [0.25, 0.3) is 0 Å². The third-order valence-corrected chi connectivity index (χ3v) is 4.55. The molecule has 1 saturated carbocycles. The molecule has 1 aromatic heterocycles. The molecule has 1 aromatic rings. The standard InChI is InChI=1S/C16H24N4O/c1-10-5-3-4-6-13(10)9-21-16-11(2)14(20-17)18-15(19-16)12-7-8-12/h3-4,10,12-13H,5-9,17H2,1-2H3,(H,18,19,20). The van der Waals surface area contributed by atoms with E-state index in [2.05, 4.69) is 34.5 Å². The zero-order chi connectivity index (χ0) is 14.8. The Balaban J connectivity index is 1.74. The van der Waals surface area contributed by atoms with Crippen LogP contribution >= 0.6 is 0 Å². The second kappa shape index (κ2) is 6.02. The predicted octanol–water partition coefficient (Wildman–Crippen LogP) is 2.93. The molecule has 0 aromatic carbocycles. The number of hydrazine groups is 1. The van der Waals surface area contributed by atoms with Crippen molar-refractivity contribution in [2.45, 2.75) is 45.4 Å². The molecule has 3 N–H and O–H groups in total. The Kier molecular flexibility index (Phi) is 4.10. The van der Waals surface area contributed by atoms with Crippen molar-refractivity contribution in [3.05, 3.63) is 23.5 Å². The van der Waals surface area contributed by atoms with E-state index in [9.17, 15) is 0 Å². The molecule has 0 spiro atoms. The van der Waals surface area contributed by atoms with Gasteiger partial charge in [0.1, 0.15) is 11.6 Å². The summed E-state index contributed by atoms with van der Waals surface area (Å²) in [5.74, 6) is 9.49. The van der Waals surface area contributed by atoms with Crippen LogP contribution in [0.2, 0.25) is 0 Å². The van der Waals surface area contributed by atoms with E-state index in [0.29, 0.717) is 36.1 Å². The highest BCUT2D eigenvalue weighted by atomic mass is 16.5. The van der Waals surface area contributed by atoms with Gasteiger partial charge in [-0.15, -0.1) is 0 Å². The van der Waals surface area contributed by atoms with Gasteiger partial charge in [-0.2, -0.15) is 4.98 Å². The molecule has 114 valence electrons. The molecule has 5 nitrogen and oxygen atoms in total. The molecule has 21 heavy (non-hydrogen) atoms. The van der Waals surface area contributed by atoms with Gasteiger partial charge in [0.15, 0.2) is 0 Å². The second-order valence-corrected chi connectivity index (χ2v) is 6.27. The summed E-state index contributed by atoms with van der Waals surface area (Å²) >= 11 is 0. The largest absolute Gasteiger partial charge is 0.477 e. The number of ether oxygens (including phenoxy) is 1. The van der Waals surface area contributed by atoms with Gasteiger partial charge < -0.3 is 10.2 Å². The number of hydrogen-bond acceptors (Lipinski definition) is 5. The van der Waals surface area contributed by atoms with Crippen molar-refractivity contribution < 1.29 is 4.74 Å². The number of allylic oxidation sites excluding steroid dienone is 2. The van der Waals surface area contributed by atoms with E-state index in [0.717, 1.165) is 37.1 Å². The van der Waals surface area contributed by atoms with Crippen LogP contribution in [0.4, 0.5) is 5.82 Å². The fraction of sp³-hybridized carbons (Fsp3) is 0.625. The SMILES string of the molecule is Cc1c(NN)nc(C2CC2)nc1OCC1CC=CCC1C. The third-order valence-electron chi connectivity index (χ3n) is 4.55. The van der Waals surface area contributed by atoms with E-state index in [1.54, 1.807) is 0 Å². The van der Waals surface area contributed by atoms with E-state index in [-0.39, 0.29) is 0 Å². The molecule has 2 atom stereocenters. The van der Waals surface area contributed by atoms with Gasteiger partial charge in [0, 0.05) is 5.92 Å². The van der Waals surface area contributed by atoms with Crippen molar-refractivity contribution in [1.82, 2.24) is 9.97 Å². The van der Waals surface area contributed by atoms with Crippen molar-refractivity contribution in [2.75, 3.05) is 12.0 Å². The highest BCUT2D eigenvalue weighted by molar-refractivity contribution is 5.48. The molecule has 0 aliphatic heterocycles. The lowest BCUT2D eigenvalue weighted by Crippen LogP contribution is -2.22. The summed E-state index contributed by atoms with van der Waals surface area (Å²) < 4.78 is 6.03. The fourth-order valence-electron chi connectivity index (χ4n) is 2.74. The summed E-state index contributed by atoms with van der Waals surface area (Å²) in [4.78, 5) is 9.09. The summed E-state index contributed by atoms with van der Waals surface area (Å²) in [6, 6.07) is 0. The normalized spacial score (nSPS) is 24.9. The number of aromatic nitrogens is 2. The summed E-state index contributed by atoms with van der Waals surface area (Å²) in [5, 5.41) is 0. The number of rotatable bonds is 5. The molecule has 0 bridgehead atoms. The Hall–Kier alpha value is -1.62. The molecule has 1 heterocycles. The summed E-state index contributed by atoms with van der Waals surface area (Å²) in [7, 11) is 0. The predicted molar refractivity (Wildman–Crippen MR) is 83.1 cm³/mol. The van der Waals surface area contributed by atoms with Gasteiger partial charge in [-0.25, -0.2) is 10.8 Å². The molecule has 0 radical (unpaired) electrons. The minimum absolute atomic E-state index is 0.483. The van der Waals surface area contributed by atoms with E-state index < -0.39 is 0 Å². The van der Waals surface area contributed by atoms with Crippen molar-refractivity contribution in [2.24, 2.45) is 17.7 Å². The number of nitrogen functional groups attached to an aromatic ring is 1. The first-order chi connectivity index (χ1) is 10.2. The first kappa shape index (κ1) is 14.3. The molecular weight excluding hydrogens is 264 g/mol. The van der Waals surface area contributed by atoms with Crippen LogP contribution < -0.4 is 16.0 Å². The van der Waals surface area contributed by atoms with Crippen LogP contribution in [0.3, 0.4) is 0 Å².